The van der Waals surface area contributed by atoms with Gasteiger partial charge in [-0.1, -0.05) is 17.3 Å². The van der Waals surface area contributed by atoms with Crippen molar-refractivity contribution in [3.63, 3.8) is 0 Å². The lowest BCUT2D eigenvalue weighted by Gasteiger charge is -2.21. The summed E-state index contributed by atoms with van der Waals surface area (Å²) in [6, 6.07) is 9.42. The Kier molecular flexibility index (Phi) is 6.01. The van der Waals surface area contributed by atoms with Crippen molar-refractivity contribution in [3.05, 3.63) is 47.3 Å². The molecule has 0 spiro atoms. The molecule has 3 aromatic rings. The van der Waals surface area contributed by atoms with E-state index >= 15 is 0 Å². The first kappa shape index (κ1) is 22.0. The Balaban J connectivity index is 1.50. The molecule has 0 bridgehead atoms. The Morgan fingerprint density at radius 3 is 2.72 bits per heavy atom. The topological polar surface area (TPSA) is 139 Å². The maximum absolute atomic E-state index is 13.1. The van der Waals surface area contributed by atoms with Crippen molar-refractivity contribution in [2.24, 2.45) is 0 Å². The predicted octanol–water partition coefficient (Wildman–Crippen LogP) is 2.36. The number of aliphatic hydroxyl groups excluding tert-OH is 1. The van der Waals surface area contributed by atoms with Gasteiger partial charge in [0.25, 0.3) is 0 Å². The van der Waals surface area contributed by atoms with Crippen molar-refractivity contribution in [1.29, 1.82) is 5.26 Å². The van der Waals surface area contributed by atoms with Crippen LogP contribution in [0.2, 0.25) is 0 Å². The number of aromatic amines is 1. The zero-order chi connectivity index (χ0) is 22.9. The minimum absolute atomic E-state index is 0.0747. The number of nitrogens with one attached hydrogen (secondary N) is 1. The minimum atomic E-state index is -3.73. The van der Waals surface area contributed by atoms with Gasteiger partial charge in [0.1, 0.15) is 28.0 Å². The second-order valence-corrected chi connectivity index (χ2v) is 9.60. The quantitative estimate of drug-likeness (QED) is 0.440. The number of para-hydroxylation sites is 2. The lowest BCUT2D eigenvalue weighted by Crippen LogP contribution is -2.36. The number of allylic oxidation sites excluding steroid dienone is 1. The molecule has 1 aromatic carbocycles. The van der Waals surface area contributed by atoms with Gasteiger partial charge in [-0.3, -0.25) is 4.90 Å². The molecule has 0 amide bonds. The van der Waals surface area contributed by atoms with Crippen LogP contribution in [0.15, 0.2) is 39.4 Å². The zero-order valence-corrected chi connectivity index (χ0v) is 18.7. The number of aliphatic hydroxyl groups is 1. The standard InChI is InChI=1S/C21H24N6O4S/c1-14-20(15(2)31-25-14)32(29,30)27-9-5-8-26(10-11-27)13-19(28)16(12-22)21-23-17-6-3-4-7-18(17)24-21/h3-4,6-7,28H,5,8-11,13H2,1-2H3,(H,23,24)/b19-16-. The fourth-order valence-electron chi connectivity index (χ4n) is 3.93. The van der Waals surface area contributed by atoms with Gasteiger partial charge in [-0.15, -0.1) is 0 Å². The molecule has 1 aliphatic rings. The molecular formula is C21H24N6O4S. The molecule has 10 nitrogen and oxygen atoms in total. The molecular weight excluding hydrogens is 432 g/mol. The van der Waals surface area contributed by atoms with Gasteiger partial charge in [-0.25, -0.2) is 13.4 Å². The van der Waals surface area contributed by atoms with Gasteiger partial charge in [0.05, 0.1) is 17.6 Å². The fourth-order valence-corrected chi connectivity index (χ4v) is 5.69. The van der Waals surface area contributed by atoms with E-state index in [2.05, 4.69) is 15.1 Å². The number of fused-ring (bicyclic) bond motifs is 1. The number of benzene rings is 1. The number of hydrogen-bond acceptors (Lipinski definition) is 8. The van der Waals surface area contributed by atoms with E-state index < -0.39 is 10.0 Å². The highest BCUT2D eigenvalue weighted by atomic mass is 32.2. The van der Waals surface area contributed by atoms with Crippen LogP contribution in [0.25, 0.3) is 16.6 Å². The summed E-state index contributed by atoms with van der Waals surface area (Å²) < 4.78 is 32.6. The smallest absolute Gasteiger partial charge is 0.248 e. The Morgan fingerprint density at radius 1 is 1.25 bits per heavy atom. The van der Waals surface area contributed by atoms with Crippen molar-refractivity contribution >= 4 is 26.6 Å². The molecule has 0 radical (unpaired) electrons. The molecule has 3 heterocycles. The van der Waals surface area contributed by atoms with Crippen molar-refractivity contribution in [3.8, 4) is 6.07 Å². The predicted molar refractivity (Wildman–Crippen MR) is 117 cm³/mol. The van der Waals surface area contributed by atoms with E-state index in [1.54, 1.807) is 13.8 Å². The number of aryl methyl sites for hydroxylation is 2. The molecule has 0 atom stereocenters. The van der Waals surface area contributed by atoms with E-state index in [1.807, 2.05) is 35.2 Å². The first-order chi connectivity index (χ1) is 15.3. The molecule has 11 heteroatoms. The summed E-state index contributed by atoms with van der Waals surface area (Å²) >= 11 is 0. The molecule has 4 rings (SSSR count). The first-order valence-electron chi connectivity index (χ1n) is 10.2. The van der Waals surface area contributed by atoms with Crippen molar-refractivity contribution in [2.75, 3.05) is 32.7 Å². The van der Waals surface area contributed by atoms with E-state index in [1.165, 1.54) is 4.31 Å². The van der Waals surface area contributed by atoms with Crippen LogP contribution in [0.5, 0.6) is 0 Å². The van der Waals surface area contributed by atoms with Crippen LogP contribution < -0.4 is 0 Å². The van der Waals surface area contributed by atoms with Crippen LogP contribution in [0.4, 0.5) is 0 Å². The van der Waals surface area contributed by atoms with Crippen LogP contribution in [-0.4, -0.2) is 70.6 Å². The van der Waals surface area contributed by atoms with E-state index in [9.17, 15) is 18.8 Å². The number of hydrogen-bond donors (Lipinski definition) is 2. The second kappa shape index (κ2) is 8.74. The third kappa shape index (κ3) is 4.12. The maximum Gasteiger partial charge on any atom is 0.248 e. The van der Waals surface area contributed by atoms with Crippen LogP contribution in [0, 0.1) is 25.2 Å². The summed E-state index contributed by atoms with van der Waals surface area (Å²) in [6.07, 6.45) is 0.586. The highest BCUT2D eigenvalue weighted by Gasteiger charge is 2.32. The number of rotatable bonds is 5. The Labute approximate surface area is 185 Å². The van der Waals surface area contributed by atoms with E-state index in [4.69, 9.17) is 4.52 Å². The Morgan fingerprint density at radius 2 is 2.03 bits per heavy atom. The van der Waals surface area contributed by atoms with Gasteiger partial charge in [0, 0.05) is 19.6 Å². The zero-order valence-electron chi connectivity index (χ0n) is 17.9. The van der Waals surface area contributed by atoms with E-state index in [-0.39, 0.29) is 35.1 Å². The monoisotopic (exact) mass is 456 g/mol. The normalized spacial score (nSPS) is 17.2. The largest absolute Gasteiger partial charge is 0.509 e. The molecule has 168 valence electrons. The summed E-state index contributed by atoms with van der Waals surface area (Å²) in [7, 11) is -3.73. The van der Waals surface area contributed by atoms with Crippen molar-refractivity contribution in [1.82, 2.24) is 24.3 Å². The molecule has 0 unspecified atom stereocenters. The van der Waals surface area contributed by atoms with Gasteiger partial charge < -0.3 is 14.6 Å². The van der Waals surface area contributed by atoms with Gasteiger partial charge in [0.15, 0.2) is 11.6 Å². The Hall–Kier alpha value is -3.20. The number of nitrogens with zero attached hydrogens (tertiary/aromatic N) is 5. The van der Waals surface area contributed by atoms with Crippen LogP contribution in [-0.2, 0) is 10.0 Å². The highest BCUT2D eigenvalue weighted by molar-refractivity contribution is 7.89. The lowest BCUT2D eigenvalue weighted by molar-refractivity contribution is 0.260. The first-order valence-corrected chi connectivity index (χ1v) is 11.7. The number of imidazole rings is 1. The summed E-state index contributed by atoms with van der Waals surface area (Å²) in [5.41, 5.74) is 1.90. The van der Waals surface area contributed by atoms with Gasteiger partial charge in [0.2, 0.25) is 10.0 Å². The van der Waals surface area contributed by atoms with Crippen LogP contribution in [0.1, 0.15) is 23.7 Å². The fraction of sp³-hybridized carbons (Fsp3) is 0.381. The van der Waals surface area contributed by atoms with Gasteiger partial charge in [-0.05, 0) is 38.9 Å². The summed E-state index contributed by atoms with van der Waals surface area (Å²) in [4.78, 5) is 9.49. The average molecular weight is 457 g/mol. The number of nitriles is 1. The maximum atomic E-state index is 13.1. The SMILES string of the molecule is Cc1noc(C)c1S(=O)(=O)N1CCCN(C/C(O)=C(\C#N)c2nc3ccccc3[nH]2)CC1. The molecule has 2 N–H and O–H groups in total. The van der Waals surface area contributed by atoms with E-state index in [0.717, 1.165) is 5.52 Å². The Bertz CT molecular complexity index is 1270. The second-order valence-electron chi connectivity index (χ2n) is 7.72. The minimum Gasteiger partial charge on any atom is -0.509 e. The molecule has 1 fully saturated rings. The van der Waals surface area contributed by atoms with Crippen LogP contribution in [0.3, 0.4) is 0 Å². The summed E-state index contributed by atoms with van der Waals surface area (Å²) in [5, 5.41) is 24.1. The van der Waals surface area contributed by atoms with Gasteiger partial charge in [-0.2, -0.15) is 9.57 Å². The highest BCUT2D eigenvalue weighted by Crippen LogP contribution is 2.25. The molecule has 1 aliphatic heterocycles. The van der Waals surface area contributed by atoms with Crippen molar-refractivity contribution in [2.45, 2.75) is 25.2 Å². The molecule has 32 heavy (non-hydrogen) atoms. The summed E-state index contributed by atoms with van der Waals surface area (Å²) in [6.45, 7) is 4.91. The molecule has 1 saturated heterocycles. The third-order valence-corrected chi connectivity index (χ3v) is 7.66. The lowest BCUT2D eigenvalue weighted by atomic mass is 10.2. The third-order valence-electron chi connectivity index (χ3n) is 5.51. The van der Waals surface area contributed by atoms with E-state index in [0.29, 0.717) is 43.1 Å². The molecule has 0 aliphatic carbocycles. The number of sulfonamides is 1. The van der Waals surface area contributed by atoms with Gasteiger partial charge >= 0.3 is 0 Å². The average Bonchev–Trinajstić information content (AvgIpc) is 3.23. The van der Waals surface area contributed by atoms with Crippen molar-refractivity contribution < 1.29 is 18.0 Å². The van der Waals surface area contributed by atoms with Crippen LogP contribution >= 0.6 is 0 Å². The number of aromatic nitrogens is 3. The number of H-pyrrole nitrogens is 1. The summed E-state index contributed by atoms with van der Waals surface area (Å²) in [5.74, 6) is 0.478. The molecule has 2 aromatic heterocycles. The molecule has 0 saturated carbocycles.